The van der Waals surface area contributed by atoms with E-state index in [4.69, 9.17) is 0 Å². The first-order valence-electron chi connectivity index (χ1n) is 3.47. The van der Waals surface area contributed by atoms with Gasteiger partial charge >= 0.3 is 0 Å². The minimum absolute atomic E-state index is 0.366. The first kappa shape index (κ1) is 8.47. The molecule has 0 aliphatic carbocycles. The summed E-state index contributed by atoms with van der Waals surface area (Å²) in [7, 11) is -0.685. The molecule has 0 atom stereocenters. The lowest BCUT2D eigenvalue weighted by molar-refractivity contribution is 0.474. The summed E-state index contributed by atoms with van der Waals surface area (Å²) in [5.74, 6) is 0.366. The van der Waals surface area contributed by atoms with Gasteiger partial charge in [-0.05, 0) is 41.9 Å². The summed E-state index contributed by atoms with van der Waals surface area (Å²) in [5.41, 5.74) is 0. The summed E-state index contributed by atoms with van der Waals surface area (Å²) in [6.45, 7) is 0. The fourth-order valence-corrected chi connectivity index (χ4v) is 1.83. The third kappa shape index (κ3) is 2.15. The van der Waals surface area contributed by atoms with Crippen LogP contribution in [0.4, 0.5) is 0 Å². The molecule has 1 nitrogen and oxygen atoms in total. The highest BCUT2D eigenvalue weighted by Crippen LogP contribution is 2.45. The van der Waals surface area contributed by atoms with Gasteiger partial charge in [-0.25, -0.2) is 10.0 Å². The molecule has 0 aliphatic rings. The fraction of sp³-hybridized carbons (Fsp3) is 0.333. The third-order valence-corrected chi connectivity index (χ3v) is 3.19. The molecule has 0 bridgehead atoms. The molecular formula is C9H14OS. The van der Waals surface area contributed by atoms with Crippen LogP contribution in [-0.2, 0) is 0 Å². The lowest BCUT2D eigenvalue weighted by Gasteiger charge is -2.25. The van der Waals surface area contributed by atoms with Crippen molar-refractivity contribution in [3.8, 4) is 5.75 Å². The number of hydrogen-bond acceptors (Lipinski definition) is 1. The van der Waals surface area contributed by atoms with Crippen molar-refractivity contribution >= 4 is 10.0 Å². The summed E-state index contributed by atoms with van der Waals surface area (Å²) in [4.78, 5) is 1.25. The van der Waals surface area contributed by atoms with Crippen molar-refractivity contribution in [2.24, 2.45) is 0 Å². The SMILES string of the molecule is CS(C)(C)c1cccc(O)c1. The Kier molecular flexibility index (Phi) is 2.14. The predicted molar refractivity (Wildman–Crippen MR) is 51.7 cm³/mol. The van der Waals surface area contributed by atoms with E-state index in [0.717, 1.165) is 0 Å². The number of phenolic OH excluding ortho intramolecular Hbond substituents is 1. The smallest absolute Gasteiger partial charge is 0.116 e. The number of rotatable bonds is 1. The highest BCUT2D eigenvalue weighted by atomic mass is 32.3. The second-order valence-corrected chi connectivity index (χ2v) is 7.48. The number of aromatic hydroxyl groups is 1. The van der Waals surface area contributed by atoms with Crippen LogP contribution in [0, 0.1) is 0 Å². The van der Waals surface area contributed by atoms with Crippen molar-refractivity contribution in [2.75, 3.05) is 18.8 Å². The van der Waals surface area contributed by atoms with Gasteiger partial charge in [-0.2, -0.15) is 0 Å². The molecule has 0 aliphatic heterocycles. The Morgan fingerprint density at radius 3 is 2.18 bits per heavy atom. The summed E-state index contributed by atoms with van der Waals surface area (Å²) < 4.78 is 0. The molecule has 2 heteroatoms. The summed E-state index contributed by atoms with van der Waals surface area (Å²) >= 11 is 0. The van der Waals surface area contributed by atoms with E-state index < -0.39 is 10.0 Å². The van der Waals surface area contributed by atoms with Crippen LogP contribution < -0.4 is 0 Å². The quantitative estimate of drug-likeness (QED) is 0.686. The Balaban J connectivity index is 3.06. The predicted octanol–water partition coefficient (Wildman–Crippen LogP) is 2.45. The van der Waals surface area contributed by atoms with E-state index >= 15 is 0 Å². The van der Waals surface area contributed by atoms with E-state index in [-0.39, 0.29) is 0 Å². The minimum Gasteiger partial charge on any atom is -0.508 e. The van der Waals surface area contributed by atoms with Gasteiger partial charge in [-0.15, -0.1) is 0 Å². The molecular weight excluding hydrogens is 156 g/mol. The van der Waals surface area contributed by atoms with Crippen LogP contribution in [0.2, 0.25) is 0 Å². The summed E-state index contributed by atoms with van der Waals surface area (Å²) in [6.07, 6.45) is 6.63. The second kappa shape index (κ2) is 2.78. The molecule has 1 N–H and O–H groups in total. The molecule has 0 spiro atoms. The zero-order valence-electron chi connectivity index (χ0n) is 7.16. The molecule has 11 heavy (non-hydrogen) atoms. The van der Waals surface area contributed by atoms with Crippen LogP contribution in [0.15, 0.2) is 29.2 Å². The standard InChI is InChI=1S/C9H14OS/c1-11(2,3)9-6-4-5-8(10)7-9/h4-7,10H,1-3H3. The van der Waals surface area contributed by atoms with Gasteiger partial charge in [0.15, 0.2) is 0 Å². The Morgan fingerprint density at radius 1 is 1.18 bits per heavy atom. The lowest BCUT2D eigenvalue weighted by Crippen LogP contribution is -1.91. The maximum atomic E-state index is 9.19. The third-order valence-electron chi connectivity index (χ3n) is 1.52. The maximum absolute atomic E-state index is 9.19. The minimum atomic E-state index is -0.685. The number of hydrogen-bond donors (Lipinski definition) is 1. The molecule has 1 aromatic rings. The highest BCUT2D eigenvalue weighted by Gasteiger charge is 2.07. The molecule has 62 valence electrons. The fourth-order valence-electron chi connectivity index (χ4n) is 0.864. The Morgan fingerprint density at radius 2 is 1.82 bits per heavy atom. The van der Waals surface area contributed by atoms with Crippen molar-refractivity contribution in [3.05, 3.63) is 24.3 Å². The van der Waals surface area contributed by atoms with Gasteiger partial charge < -0.3 is 5.11 Å². The Labute approximate surface area is 69.4 Å². The molecule has 0 unspecified atom stereocenters. The molecule has 0 amide bonds. The largest absolute Gasteiger partial charge is 0.508 e. The Hall–Kier alpha value is -0.630. The normalized spacial score (nSPS) is 13.0. The van der Waals surface area contributed by atoms with E-state index in [0.29, 0.717) is 5.75 Å². The van der Waals surface area contributed by atoms with E-state index in [1.54, 1.807) is 6.07 Å². The number of phenols is 1. The summed E-state index contributed by atoms with van der Waals surface area (Å²) in [6, 6.07) is 7.50. The van der Waals surface area contributed by atoms with Crippen LogP contribution in [0.5, 0.6) is 5.75 Å². The van der Waals surface area contributed by atoms with Crippen molar-refractivity contribution < 1.29 is 5.11 Å². The van der Waals surface area contributed by atoms with Gasteiger partial charge in [0.1, 0.15) is 5.75 Å². The van der Waals surface area contributed by atoms with Crippen molar-refractivity contribution in [1.29, 1.82) is 0 Å². The average Bonchev–Trinajstić information content (AvgIpc) is 1.86. The zero-order valence-corrected chi connectivity index (χ0v) is 7.98. The molecule has 1 rings (SSSR count). The molecule has 0 radical (unpaired) electrons. The van der Waals surface area contributed by atoms with Crippen LogP contribution in [0.3, 0.4) is 0 Å². The first-order valence-corrected chi connectivity index (χ1v) is 6.33. The van der Waals surface area contributed by atoms with E-state index in [1.165, 1.54) is 4.90 Å². The van der Waals surface area contributed by atoms with Crippen LogP contribution in [0.25, 0.3) is 0 Å². The lowest BCUT2D eigenvalue weighted by atomic mass is 10.3. The summed E-state index contributed by atoms with van der Waals surface area (Å²) in [5, 5.41) is 9.19. The van der Waals surface area contributed by atoms with Crippen molar-refractivity contribution in [2.45, 2.75) is 4.90 Å². The van der Waals surface area contributed by atoms with Crippen molar-refractivity contribution in [1.82, 2.24) is 0 Å². The van der Waals surface area contributed by atoms with Gasteiger partial charge in [-0.1, -0.05) is 6.07 Å². The topological polar surface area (TPSA) is 20.2 Å². The van der Waals surface area contributed by atoms with E-state index in [1.807, 2.05) is 12.1 Å². The maximum Gasteiger partial charge on any atom is 0.116 e. The monoisotopic (exact) mass is 170 g/mol. The van der Waals surface area contributed by atoms with Gasteiger partial charge in [0.25, 0.3) is 0 Å². The number of benzene rings is 1. The average molecular weight is 170 g/mol. The molecule has 0 saturated heterocycles. The zero-order chi connectivity index (χ0) is 8.48. The van der Waals surface area contributed by atoms with E-state index in [2.05, 4.69) is 24.8 Å². The second-order valence-electron chi connectivity index (χ2n) is 3.33. The molecule has 0 heterocycles. The highest BCUT2D eigenvalue weighted by molar-refractivity contribution is 8.32. The van der Waals surface area contributed by atoms with Crippen LogP contribution in [0.1, 0.15) is 0 Å². The van der Waals surface area contributed by atoms with Crippen molar-refractivity contribution in [3.63, 3.8) is 0 Å². The van der Waals surface area contributed by atoms with Crippen LogP contribution >= 0.6 is 10.0 Å². The first-order chi connectivity index (χ1) is 5.00. The van der Waals surface area contributed by atoms with Gasteiger partial charge in [0.2, 0.25) is 0 Å². The van der Waals surface area contributed by atoms with Gasteiger partial charge in [0, 0.05) is 0 Å². The molecule has 1 aromatic carbocycles. The Bertz CT molecular complexity index is 250. The molecule has 0 saturated carbocycles. The van der Waals surface area contributed by atoms with Gasteiger partial charge in [-0.3, -0.25) is 0 Å². The van der Waals surface area contributed by atoms with Gasteiger partial charge in [0.05, 0.1) is 0 Å². The molecule has 0 aromatic heterocycles. The molecule has 0 fully saturated rings. The van der Waals surface area contributed by atoms with E-state index in [9.17, 15) is 5.11 Å². The van der Waals surface area contributed by atoms with Crippen LogP contribution in [-0.4, -0.2) is 23.9 Å².